The maximum absolute atomic E-state index is 12.7. The van der Waals surface area contributed by atoms with Crippen molar-refractivity contribution < 1.29 is 14.3 Å². The summed E-state index contributed by atoms with van der Waals surface area (Å²) in [5, 5.41) is 0. The smallest absolute Gasteiger partial charge is 0.307 e. The minimum atomic E-state index is -0.275. The van der Waals surface area contributed by atoms with Crippen LogP contribution in [-0.4, -0.2) is 36.5 Å². The minimum Gasteiger partial charge on any atom is -0.469 e. The van der Waals surface area contributed by atoms with Crippen molar-refractivity contribution in [2.75, 3.05) is 19.4 Å². The molecule has 1 amide bonds. The van der Waals surface area contributed by atoms with Crippen LogP contribution < -0.4 is 5.73 Å². The first-order valence-corrected chi connectivity index (χ1v) is 7.26. The lowest BCUT2D eigenvalue weighted by atomic mass is 9.97. The molecule has 1 saturated heterocycles. The molecule has 0 radical (unpaired) electrons. The Morgan fingerprint density at radius 1 is 1.33 bits per heavy atom. The number of aryl methyl sites for hydroxylation is 1. The van der Waals surface area contributed by atoms with E-state index >= 15 is 0 Å². The molecule has 1 unspecified atom stereocenters. The monoisotopic (exact) mass is 290 g/mol. The van der Waals surface area contributed by atoms with Crippen molar-refractivity contribution in [3.05, 3.63) is 29.3 Å². The Balaban J connectivity index is 2.19. The number of piperidine rings is 1. The number of benzene rings is 1. The lowest BCUT2D eigenvalue weighted by Crippen LogP contribution is -2.44. The fourth-order valence-corrected chi connectivity index (χ4v) is 2.86. The van der Waals surface area contributed by atoms with E-state index in [4.69, 9.17) is 10.5 Å². The predicted molar refractivity (Wildman–Crippen MR) is 80.9 cm³/mol. The van der Waals surface area contributed by atoms with Crippen LogP contribution in [0.5, 0.6) is 0 Å². The molecule has 1 fully saturated rings. The third-order valence-corrected chi connectivity index (χ3v) is 3.86. The predicted octanol–water partition coefficient (Wildman–Crippen LogP) is 2.14. The molecule has 0 bridgehead atoms. The highest BCUT2D eigenvalue weighted by Gasteiger charge is 2.29. The van der Waals surface area contributed by atoms with E-state index in [0.717, 1.165) is 24.8 Å². The van der Waals surface area contributed by atoms with Gasteiger partial charge in [-0.1, -0.05) is 0 Å². The Morgan fingerprint density at radius 2 is 2.10 bits per heavy atom. The number of rotatable bonds is 3. The molecular formula is C16H22N2O3. The quantitative estimate of drug-likeness (QED) is 0.683. The number of hydrogen-bond donors (Lipinski definition) is 1. The van der Waals surface area contributed by atoms with Crippen LogP contribution in [0, 0.1) is 6.92 Å². The second kappa shape index (κ2) is 6.61. The van der Waals surface area contributed by atoms with Crippen molar-refractivity contribution >= 4 is 17.6 Å². The largest absolute Gasteiger partial charge is 0.469 e. The van der Waals surface area contributed by atoms with Gasteiger partial charge in [-0.25, -0.2) is 0 Å². The number of amides is 1. The van der Waals surface area contributed by atoms with Crippen LogP contribution in [0.25, 0.3) is 0 Å². The highest BCUT2D eigenvalue weighted by molar-refractivity contribution is 5.95. The fourth-order valence-electron chi connectivity index (χ4n) is 2.86. The fraction of sp³-hybridized carbons (Fsp3) is 0.500. The summed E-state index contributed by atoms with van der Waals surface area (Å²) in [6, 6.07) is 5.28. The van der Waals surface area contributed by atoms with E-state index in [1.807, 2.05) is 19.1 Å². The van der Waals surface area contributed by atoms with Gasteiger partial charge in [-0.15, -0.1) is 0 Å². The van der Waals surface area contributed by atoms with Gasteiger partial charge in [0.1, 0.15) is 0 Å². The topological polar surface area (TPSA) is 72.6 Å². The van der Waals surface area contributed by atoms with Gasteiger partial charge in [-0.05, 0) is 49.9 Å². The zero-order valence-corrected chi connectivity index (χ0v) is 12.6. The second-order valence-electron chi connectivity index (χ2n) is 5.56. The van der Waals surface area contributed by atoms with E-state index in [-0.39, 0.29) is 24.3 Å². The molecule has 1 aliphatic heterocycles. The number of likely N-dealkylation sites (tertiary alicyclic amines) is 1. The average molecular weight is 290 g/mol. The number of nitrogens with zero attached hydrogens (tertiary/aromatic N) is 1. The zero-order valence-electron chi connectivity index (χ0n) is 12.6. The van der Waals surface area contributed by atoms with Crippen LogP contribution in [0.1, 0.15) is 41.6 Å². The maximum atomic E-state index is 12.7. The van der Waals surface area contributed by atoms with Gasteiger partial charge in [0.15, 0.2) is 0 Å². The SMILES string of the molecule is COC(=O)CC1CCCCN1C(=O)c1cc(C)cc(N)c1. The van der Waals surface area contributed by atoms with Crippen LogP contribution in [0.3, 0.4) is 0 Å². The van der Waals surface area contributed by atoms with Crippen molar-refractivity contribution in [1.29, 1.82) is 0 Å². The molecule has 2 N–H and O–H groups in total. The maximum Gasteiger partial charge on any atom is 0.307 e. The first kappa shape index (κ1) is 15.4. The molecule has 0 aromatic heterocycles. The molecular weight excluding hydrogens is 268 g/mol. The molecule has 0 saturated carbocycles. The van der Waals surface area contributed by atoms with Gasteiger partial charge in [0.25, 0.3) is 5.91 Å². The highest BCUT2D eigenvalue weighted by Crippen LogP contribution is 2.23. The number of hydrogen-bond acceptors (Lipinski definition) is 4. The van der Waals surface area contributed by atoms with Crippen LogP contribution in [-0.2, 0) is 9.53 Å². The molecule has 5 nitrogen and oxygen atoms in total. The second-order valence-corrected chi connectivity index (χ2v) is 5.56. The van der Waals surface area contributed by atoms with Gasteiger partial charge >= 0.3 is 5.97 Å². The summed E-state index contributed by atoms with van der Waals surface area (Å²) in [4.78, 5) is 26.0. The Labute approximate surface area is 125 Å². The summed E-state index contributed by atoms with van der Waals surface area (Å²) in [7, 11) is 1.37. The molecule has 0 aliphatic carbocycles. The lowest BCUT2D eigenvalue weighted by molar-refractivity contribution is -0.142. The van der Waals surface area contributed by atoms with Crippen molar-refractivity contribution in [3.63, 3.8) is 0 Å². The summed E-state index contributed by atoms with van der Waals surface area (Å²) in [5.41, 5.74) is 7.95. The Bertz CT molecular complexity index is 522. The molecule has 21 heavy (non-hydrogen) atoms. The van der Waals surface area contributed by atoms with Gasteiger partial charge in [0.05, 0.1) is 13.5 Å². The number of nitrogens with two attached hydrogens (primary N) is 1. The molecule has 1 heterocycles. The third-order valence-electron chi connectivity index (χ3n) is 3.86. The molecule has 1 aromatic rings. The number of anilines is 1. The molecule has 5 heteroatoms. The van der Waals surface area contributed by atoms with Gasteiger partial charge in [-0.2, -0.15) is 0 Å². The first-order valence-electron chi connectivity index (χ1n) is 7.26. The van der Waals surface area contributed by atoms with Crippen LogP contribution in [0.2, 0.25) is 0 Å². The Morgan fingerprint density at radius 3 is 2.76 bits per heavy atom. The Kier molecular flexibility index (Phi) is 4.83. The minimum absolute atomic E-state index is 0.0565. The lowest BCUT2D eigenvalue weighted by Gasteiger charge is -2.35. The number of nitrogen functional groups attached to an aromatic ring is 1. The van der Waals surface area contributed by atoms with E-state index < -0.39 is 0 Å². The standard InChI is InChI=1S/C16H22N2O3/c1-11-7-12(9-13(17)8-11)16(20)18-6-4-3-5-14(18)10-15(19)21-2/h7-9,14H,3-6,10,17H2,1-2H3. The molecule has 0 spiro atoms. The van der Waals surface area contributed by atoms with Crippen molar-refractivity contribution in [2.45, 2.75) is 38.6 Å². The molecule has 2 rings (SSSR count). The van der Waals surface area contributed by atoms with E-state index in [9.17, 15) is 9.59 Å². The van der Waals surface area contributed by atoms with Crippen LogP contribution >= 0.6 is 0 Å². The Hall–Kier alpha value is -2.04. The molecule has 114 valence electrons. The number of ether oxygens (including phenoxy) is 1. The summed E-state index contributed by atoms with van der Waals surface area (Å²) < 4.78 is 4.73. The van der Waals surface area contributed by atoms with Gasteiger partial charge in [0, 0.05) is 23.8 Å². The van der Waals surface area contributed by atoms with E-state index in [2.05, 4.69) is 0 Å². The van der Waals surface area contributed by atoms with Gasteiger partial charge in [0.2, 0.25) is 0 Å². The highest BCUT2D eigenvalue weighted by atomic mass is 16.5. The van der Waals surface area contributed by atoms with Crippen LogP contribution in [0.15, 0.2) is 18.2 Å². The van der Waals surface area contributed by atoms with Crippen molar-refractivity contribution in [2.24, 2.45) is 0 Å². The van der Waals surface area contributed by atoms with Crippen LogP contribution in [0.4, 0.5) is 5.69 Å². The molecule has 1 atom stereocenters. The summed E-state index contributed by atoms with van der Waals surface area (Å²) >= 11 is 0. The first-order chi connectivity index (χ1) is 10.0. The van der Waals surface area contributed by atoms with Gasteiger partial charge < -0.3 is 15.4 Å². The van der Waals surface area contributed by atoms with E-state index in [1.54, 1.807) is 11.0 Å². The van der Waals surface area contributed by atoms with Crippen molar-refractivity contribution in [3.8, 4) is 0 Å². The van der Waals surface area contributed by atoms with Gasteiger partial charge in [-0.3, -0.25) is 9.59 Å². The van der Waals surface area contributed by atoms with E-state index in [1.165, 1.54) is 7.11 Å². The summed E-state index contributed by atoms with van der Waals surface area (Å²) in [6.07, 6.45) is 3.08. The number of methoxy groups -OCH3 is 1. The normalized spacial score (nSPS) is 18.4. The van der Waals surface area contributed by atoms with E-state index in [0.29, 0.717) is 17.8 Å². The summed E-state index contributed by atoms with van der Waals surface area (Å²) in [6.45, 7) is 2.59. The average Bonchev–Trinajstić information content (AvgIpc) is 2.46. The van der Waals surface area contributed by atoms with Crippen molar-refractivity contribution in [1.82, 2.24) is 4.90 Å². The number of esters is 1. The molecule has 1 aromatic carbocycles. The number of carbonyl (C=O) groups is 2. The third kappa shape index (κ3) is 3.74. The zero-order chi connectivity index (χ0) is 15.4. The number of carbonyl (C=O) groups excluding carboxylic acids is 2. The molecule has 1 aliphatic rings. The summed E-state index contributed by atoms with van der Waals surface area (Å²) in [5.74, 6) is -0.331.